The lowest BCUT2D eigenvalue weighted by Crippen LogP contribution is -2.56. The molecular formula is C20H35N2O10P. The van der Waals surface area contributed by atoms with Crippen molar-refractivity contribution >= 4 is 31.8 Å². The molecule has 0 spiro atoms. The van der Waals surface area contributed by atoms with Gasteiger partial charge in [-0.05, 0) is 61.8 Å². The number of amides is 3. The van der Waals surface area contributed by atoms with Crippen molar-refractivity contribution in [2.24, 2.45) is 5.92 Å². The standard InChI is InChI=1S/C20H35N2O10P/c1-10-29-33(27,30-11-2)21-14(23)13-12-20(13,15(24)28-9)22(16(25)31-18(3,4)5)17(26)32-19(6,7)8/h13H,10-12H2,1-9H3,(H,21,23,27)/t13-,20?/m1/s1. The molecule has 0 aromatic rings. The van der Waals surface area contributed by atoms with Crippen molar-refractivity contribution in [1.29, 1.82) is 0 Å². The fourth-order valence-electron chi connectivity index (χ4n) is 2.97. The van der Waals surface area contributed by atoms with Crippen molar-refractivity contribution in [1.82, 2.24) is 9.99 Å². The number of rotatable bonds is 8. The summed E-state index contributed by atoms with van der Waals surface area (Å²) in [5, 5.41) is 2.15. The van der Waals surface area contributed by atoms with Crippen molar-refractivity contribution in [3.8, 4) is 0 Å². The van der Waals surface area contributed by atoms with Gasteiger partial charge in [0.15, 0.2) is 5.54 Å². The van der Waals surface area contributed by atoms with Crippen LogP contribution in [0.1, 0.15) is 61.8 Å². The normalized spacial score (nSPS) is 20.5. The van der Waals surface area contributed by atoms with Crippen LogP contribution in [0.25, 0.3) is 0 Å². The van der Waals surface area contributed by atoms with Crippen molar-refractivity contribution in [2.45, 2.75) is 78.6 Å². The second-order valence-corrected chi connectivity index (χ2v) is 11.0. The maximum absolute atomic E-state index is 13.0. The van der Waals surface area contributed by atoms with E-state index in [0.717, 1.165) is 7.11 Å². The SMILES string of the molecule is CCOP(=O)(NC(=O)[C@H]1CC1(C(=O)OC)N(C(=O)OC(C)(C)C)C(=O)OC(C)(C)C)OCC. The summed E-state index contributed by atoms with van der Waals surface area (Å²) in [6.45, 7) is 12.5. The Balaban J connectivity index is 3.41. The van der Waals surface area contributed by atoms with Crippen LogP contribution in [-0.4, -0.2) is 66.0 Å². The largest absolute Gasteiger partial charge is 0.467 e. The number of carbonyl (C=O) groups is 4. The quantitative estimate of drug-likeness (QED) is 0.302. The summed E-state index contributed by atoms with van der Waals surface area (Å²) < 4.78 is 38.3. The van der Waals surface area contributed by atoms with E-state index in [4.69, 9.17) is 23.3 Å². The molecule has 2 atom stereocenters. The monoisotopic (exact) mass is 494 g/mol. The van der Waals surface area contributed by atoms with Gasteiger partial charge >= 0.3 is 25.9 Å². The van der Waals surface area contributed by atoms with Crippen LogP contribution < -0.4 is 5.09 Å². The Bertz CT molecular complexity index is 779. The summed E-state index contributed by atoms with van der Waals surface area (Å²) in [7, 11) is -2.98. The fraction of sp³-hybridized carbons (Fsp3) is 0.800. The summed E-state index contributed by atoms with van der Waals surface area (Å²) in [6, 6.07) is 0. The van der Waals surface area contributed by atoms with E-state index < -0.39 is 54.5 Å². The second kappa shape index (κ2) is 10.4. The molecule has 1 fully saturated rings. The summed E-state index contributed by atoms with van der Waals surface area (Å²) in [6.07, 6.45) is -2.70. The summed E-state index contributed by atoms with van der Waals surface area (Å²) in [4.78, 5) is 52.2. The predicted molar refractivity (Wildman–Crippen MR) is 116 cm³/mol. The number of methoxy groups -OCH3 is 1. The average Bonchev–Trinajstić information content (AvgIpc) is 3.34. The first-order valence-corrected chi connectivity index (χ1v) is 12.1. The van der Waals surface area contributed by atoms with Crippen LogP contribution in [0.15, 0.2) is 0 Å². The highest BCUT2D eigenvalue weighted by Gasteiger charge is 2.73. The first kappa shape index (κ1) is 28.9. The molecule has 0 aliphatic heterocycles. The van der Waals surface area contributed by atoms with Gasteiger partial charge in [-0.1, -0.05) is 0 Å². The number of hydrogen-bond donors (Lipinski definition) is 1. The van der Waals surface area contributed by atoms with Gasteiger partial charge in [0.2, 0.25) is 5.91 Å². The van der Waals surface area contributed by atoms with Gasteiger partial charge in [0.05, 0.1) is 26.2 Å². The summed E-state index contributed by atoms with van der Waals surface area (Å²) in [5.74, 6) is -3.27. The second-order valence-electron chi connectivity index (χ2n) is 9.28. The molecule has 1 N–H and O–H groups in total. The molecule has 33 heavy (non-hydrogen) atoms. The molecule has 190 valence electrons. The van der Waals surface area contributed by atoms with E-state index in [9.17, 15) is 23.7 Å². The molecule has 1 saturated carbocycles. The van der Waals surface area contributed by atoms with Crippen LogP contribution in [0.2, 0.25) is 0 Å². The van der Waals surface area contributed by atoms with Crippen LogP contribution in [0, 0.1) is 5.92 Å². The Morgan fingerprint density at radius 1 is 0.939 bits per heavy atom. The first-order valence-electron chi connectivity index (χ1n) is 10.5. The maximum atomic E-state index is 13.0. The summed E-state index contributed by atoms with van der Waals surface area (Å²) >= 11 is 0. The number of esters is 1. The number of carbonyl (C=O) groups excluding carboxylic acids is 4. The maximum Gasteiger partial charge on any atom is 0.434 e. The van der Waals surface area contributed by atoms with Crippen LogP contribution in [0.4, 0.5) is 9.59 Å². The zero-order valence-electron chi connectivity index (χ0n) is 20.7. The number of hydrogen-bond acceptors (Lipinski definition) is 10. The number of nitrogens with one attached hydrogen (secondary N) is 1. The van der Waals surface area contributed by atoms with Gasteiger partial charge in [-0.15, -0.1) is 0 Å². The van der Waals surface area contributed by atoms with Crippen LogP contribution in [0.5, 0.6) is 0 Å². The van der Waals surface area contributed by atoms with E-state index in [0.29, 0.717) is 4.90 Å². The lowest BCUT2D eigenvalue weighted by Gasteiger charge is -2.33. The molecule has 12 nitrogen and oxygen atoms in total. The summed E-state index contributed by atoms with van der Waals surface area (Å²) in [5.41, 5.74) is -4.12. The van der Waals surface area contributed by atoms with Gasteiger partial charge in [0.1, 0.15) is 11.2 Å². The average molecular weight is 494 g/mol. The van der Waals surface area contributed by atoms with Gasteiger partial charge in [0, 0.05) is 0 Å². The predicted octanol–water partition coefficient (Wildman–Crippen LogP) is 3.39. The zero-order valence-corrected chi connectivity index (χ0v) is 21.6. The van der Waals surface area contributed by atoms with Crippen LogP contribution in [-0.2, 0) is 37.4 Å². The molecule has 0 radical (unpaired) electrons. The lowest BCUT2D eigenvalue weighted by atomic mass is 10.1. The molecule has 13 heteroatoms. The molecule has 0 saturated heterocycles. The van der Waals surface area contributed by atoms with Crippen LogP contribution in [0.3, 0.4) is 0 Å². The van der Waals surface area contributed by atoms with E-state index in [2.05, 4.69) is 5.09 Å². The van der Waals surface area contributed by atoms with Crippen molar-refractivity contribution in [3.05, 3.63) is 0 Å². The molecule has 0 heterocycles. The van der Waals surface area contributed by atoms with Gasteiger partial charge < -0.3 is 14.2 Å². The number of imide groups is 1. The third-order valence-electron chi connectivity index (χ3n) is 4.18. The smallest absolute Gasteiger partial charge is 0.434 e. The number of nitrogens with zero attached hydrogens (tertiary/aromatic N) is 1. The van der Waals surface area contributed by atoms with Crippen LogP contribution >= 0.6 is 7.75 Å². The molecule has 1 unspecified atom stereocenters. The topological polar surface area (TPSA) is 147 Å². The number of ether oxygens (including phenoxy) is 3. The molecule has 3 amide bonds. The van der Waals surface area contributed by atoms with Gasteiger partial charge in [0.25, 0.3) is 0 Å². The Morgan fingerprint density at radius 2 is 1.36 bits per heavy atom. The third kappa shape index (κ3) is 7.41. The van der Waals surface area contributed by atoms with E-state index >= 15 is 0 Å². The molecule has 0 aromatic heterocycles. The molecule has 0 bridgehead atoms. The van der Waals surface area contributed by atoms with Crippen molar-refractivity contribution in [3.63, 3.8) is 0 Å². The van der Waals surface area contributed by atoms with E-state index in [1.165, 1.54) is 0 Å². The van der Waals surface area contributed by atoms with E-state index in [-0.39, 0.29) is 19.6 Å². The van der Waals surface area contributed by atoms with Gasteiger partial charge in [-0.3, -0.25) is 18.9 Å². The zero-order chi connectivity index (χ0) is 25.8. The minimum Gasteiger partial charge on any atom is -0.467 e. The lowest BCUT2D eigenvalue weighted by molar-refractivity contribution is -0.150. The molecular weight excluding hydrogens is 459 g/mol. The molecule has 1 aliphatic rings. The highest BCUT2D eigenvalue weighted by atomic mass is 31.2. The molecule has 1 rings (SSSR count). The Hall–Kier alpha value is -2.17. The highest BCUT2D eigenvalue weighted by molar-refractivity contribution is 7.52. The van der Waals surface area contributed by atoms with Crippen molar-refractivity contribution in [2.75, 3.05) is 20.3 Å². The molecule has 0 aromatic carbocycles. The third-order valence-corrected chi connectivity index (χ3v) is 5.87. The van der Waals surface area contributed by atoms with E-state index in [1.807, 2.05) is 0 Å². The Labute approximate surface area is 194 Å². The van der Waals surface area contributed by atoms with Gasteiger partial charge in [-0.25, -0.2) is 18.9 Å². The minimum atomic E-state index is -4.03. The fourth-order valence-corrected chi connectivity index (χ4v) is 4.28. The van der Waals surface area contributed by atoms with Gasteiger partial charge in [-0.2, -0.15) is 4.90 Å². The van der Waals surface area contributed by atoms with Crippen molar-refractivity contribution < 1.29 is 47.0 Å². The highest BCUT2D eigenvalue weighted by Crippen LogP contribution is 2.53. The minimum absolute atomic E-state index is 0.0215. The Kier molecular flexibility index (Phi) is 9.09. The first-order chi connectivity index (χ1) is 15.0. The Morgan fingerprint density at radius 3 is 1.70 bits per heavy atom. The van der Waals surface area contributed by atoms with E-state index in [1.54, 1.807) is 55.4 Å². The molecule has 1 aliphatic carbocycles.